The smallest absolute Gasteiger partial charge is 0.140 e. The fourth-order valence-electron chi connectivity index (χ4n) is 3.57. The van der Waals surface area contributed by atoms with E-state index >= 15 is 0 Å². The lowest BCUT2D eigenvalue weighted by molar-refractivity contribution is 0.0114. The van der Waals surface area contributed by atoms with E-state index in [4.69, 9.17) is 14.5 Å². The van der Waals surface area contributed by atoms with Crippen LogP contribution in [0.25, 0.3) is 0 Å². The number of imidazole rings is 1. The number of phenols is 1. The maximum Gasteiger partial charge on any atom is 0.140 e. The average Bonchev–Trinajstić information content (AvgIpc) is 3.05. The number of nitrogens with zero attached hydrogens (tertiary/aromatic N) is 2. The number of aromatic nitrogens is 2. The van der Waals surface area contributed by atoms with E-state index < -0.39 is 8.07 Å². The third kappa shape index (κ3) is 6.69. The first kappa shape index (κ1) is 23.0. The van der Waals surface area contributed by atoms with Crippen LogP contribution in [0.2, 0.25) is 25.7 Å². The molecule has 1 atom stereocenters. The van der Waals surface area contributed by atoms with Crippen LogP contribution in [0.3, 0.4) is 0 Å². The predicted octanol–water partition coefficient (Wildman–Crippen LogP) is 5.69. The minimum atomic E-state index is -1.11. The molecule has 30 heavy (non-hydrogen) atoms. The Bertz CT molecular complexity index is 849. The Hall–Kier alpha value is -1.63. The summed E-state index contributed by atoms with van der Waals surface area (Å²) < 4.78 is 14.3. The molecule has 1 N–H and O–H groups in total. The summed E-state index contributed by atoms with van der Waals surface area (Å²) in [6, 6.07) is 6.67. The molecule has 1 unspecified atom stereocenters. The Morgan fingerprint density at radius 1 is 1.23 bits per heavy atom. The molecule has 0 aliphatic carbocycles. The van der Waals surface area contributed by atoms with Gasteiger partial charge in [-0.05, 0) is 47.6 Å². The molecule has 0 spiro atoms. The number of phenolic OH excluding ortho intramolecular Hbond substituents is 1. The monoisotopic (exact) mass is 430 g/mol. The van der Waals surface area contributed by atoms with Gasteiger partial charge in [-0.2, -0.15) is 0 Å². The molecule has 1 aromatic heterocycles. The van der Waals surface area contributed by atoms with E-state index in [1.54, 1.807) is 6.07 Å². The van der Waals surface area contributed by atoms with E-state index in [0.29, 0.717) is 25.5 Å². The number of benzene rings is 1. The lowest BCUT2D eigenvalue weighted by atomic mass is 9.90. The summed E-state index contributed by atoms with van der Waals surface area (Å²) >= 11 is 0. The average molecular weight is 431 g/mol. The number of aromatic hydroxyl groups is 1. The third-order valence-electron chi connectivity index (χ3n) is 5.54. The van der Waals surface area contributed by atoms with E-state index in [1.165, 1.54) is 0 Å². The highest BCUT2D eigenvalue weighted by Gasteiger charge is 2.26. The zero-order valence-corrected chi connectivity index (χ0v) is 20.5. The van der Waals surface area contributed by atoms with E-state index in [0.717, 1.165) is 48.1 Å². The van der Waals surface area contributed by atoms with E-state index in [1.807, 2.05) is 12.1 Å². The van der Waals surface area contributed by atoms with Crippen molar-refractivity contribution in [3.63, 3.8) is 0 Å². The number of ether oxygens (including phenoxy) is 2. The highest BCUT2D eigenvalue weighted by Crippen LogP contribution is 2.32. The fraction of sp³-hybridized carbons (Fsp3) is 0.625. The number of hydrogen-bond donors (Lipinski definition) is 1. The van der Waals surface area contributed by atoms with E-state index in [2.05, 4.69) is 51.2 Å². The lowest BCUT2D eigenvalue weighted by Crippen LogP contribution is -2.23. The lowest BCUT2D eigenvalue weighted by Gasteiger charge is -2.25. The van der Waals surface area contributed by atoms with Crippen molar-refractivity contribution < 1.29 is 14.6 Å². The van der Waals surface area contributed by atoms with Gasteiger partial charge in [-0.3, -0.25) is 0 Å². The van der Waals surface area contributed by atoms with Crippen LogP contribution in [-0.4, -0.2) is 29.3 Å². The van der Waals surface area contributed by atoms with Gasteiger partial charge in [0.2, 0.25) is 0 Å². The van der Waals surface area contributed by atoms with Crippen LogP contribution in [-0.2, 0) is 35.7 Å². The second-order valence-corrected chi connectivity index (χ2v) is 16.5. The summed E-state index contributed by atoms with van der Waals surface area (Å²) in [6.07, 6.45) is 4.76. The van der Waals surface area contributed by atoms with Gasteiger partial charge < -0.3 is 19.1 Å². The fourth-order valence-corrected chi connectivity index (χ4v) is 4.33. The molecule has 0 saturated heterocycles. The highest BCUT2D eigenvalue weighted by molar-refractivity contribution is 6.76. The molecule has 2 heterocycles. The molecule has 0 saturated carbocycles. The van der Waals surface area contributed by atoms with Crippen LogP contribution in [0, 0.1) is 5.41 Å². The Labute approximate surface area is 182 Å². The maximum atomic E-state index is 9.88. The van der Waals surface area contributed by atoms with Gasteiger partial charge in [-0.1, -0.05) is 46.5 Å². The second-order valence-electron chi connectivity index (χ2n) is 10.9. The zero-order chi connectivity index (χ0) is 21.9. The molecule has 2 aromatic rings. The summed E-state index contributed by atoms with van der Waals surface area (Å²) in [5.74, 6) is 1.24. The van der Waals surface area contributed by atoms with Crippen LogP contribution < -0.4 is 0 Å². The highest BCUT2D eigenvalue weighted by atomic mass is 28.3. The predicted molar refractivity (Wildman–Crippen MR) is 123 cm³/mol. The molecule has 1 aliphatic rings. The van der Waals surface area contributed by atoms with Gasteiger partial charge in [0.1, 0.15) is 24.4 Å². The van der Waals surface area contributed by atoms with Gasteiger partial charge in [-0.15, -0.1) is 0 Å². The van der Waals surface area contributed by atoms with Crippen molar-refractivity contribution in [3.8, 4) is 5.75 Å². The van der Waals surface area contributed by atoms with Crippen LogP contribution in [0.1, 0.15) is 55.9 Å². The molecular formula is C24H38N2O3Si. The van der Waals surface area contributed by atoms with Crippen molar-refractivity contribution in [2.45, 2.75) is 85.2 Å². The molecule has 5 nitrogen and oxygen atoms in total. The van der Waals surface area contributed by atoms with Gasteiger partial charge >= 0.3 is 0 Å². The quantitative estimate of drug-likeness (QED) is 0.431. The van der Waals surface area contributed by atoms with Crippen LogP contribution in [0.5, 0.6) is 5.75 Å². The van der Waals surface area contributed by atoms with E-state index in [9.17, 15) is 5.11 Å². The molecule has 1 aromatic carbocycles. The molecule has 0 radical (unpaired) electrons. The summed E-state index contributed by atoms with van der Waals surface area (Å²) in [4.78, 5) is 4.96. The molecule has 6 heteroatoms. The molecule has 0 amide bonds. The molecule has 0 fully saturated rings. The van der Waals surface area contributed by atoms with Gasteiger partial charge in [-0.25, -0.2) is 4.98 Å². The van der Waals surface area contributed by atoms with Crippen molar-refractivity contribution in [3.05, 3.63) is 47.0 Å². The summed E-state index contributed by atoms with van der Waals surface area (Å²) in [6.45, 7) is 15.7. The first-order valence-electron chi connectivity index (χ1n) is 11.1. The maximum absolute atomic E-state index is 9.88. The normalized spacial score (nSPS) is 17.2. The largest absolute Gasteiger partial charge is 0.508 e. The van der Waals surface area contributed by atoms with Crippen LogP contribution >= 0.6 is 0 Å². The Balaban J connectivity index is 1.76. The van der Waals surface area contributed by atoms with Gasteiger partial charge in [0.25, 0.3) is 0 Å². The van der Waals surface area contributed by atoms with Crippen LogP contribution in [0.15, 0.2) is 24.4 Å². The molecule has 1 aliphatic heterocycles. The second kappa shape index (κ2) is 9.24. The van der Waals surface area contributed by atoms with Gasteiger partial charge in [0, 0.05) is 27.3 Å². The Morgan fingerprint density at radius 3 is 2.70 bits per heavy atom. The molecular weight excluding hydrogens is 392 g/mol. The van der Waals surface area contributed by atoms with Crippen molar-refractivity contribution in [1.82, 2.24) is 9.55 Å². The number of rotatable bonds is 8. The molecule has 0 bridgehead atoms. The molecule has 3 rings (SSSR count). The third-order valence-corrected chi connectivity index (χ3v) is 7.24. The first-order chi connectivity index (χ1) is 14.0. The van der Waals surface area contributed by atoms with Gasteiger partial charge in [0.15, 0.2) is 0 Å². The van der Waals surface area contributed by atoms with Crippen molar-refractivity contribution in [2.24, 2.45) is 5.41 Å². The van der Waals surface area contributed by atoms with Crippen molar-refractivity contribution in [2.75, 3.05) is 6.61 Å². The van der Waals surface area contributed by atoms with E-state index in [-0.39, 0.29) is 11.5 Å². The standard InChI is InChI=1S/C24H38N2O3Si/c1-24(2,3)10-9-20-15-26(17-28-11-12-30(4,5)6)23(25-20)22-14-19-13-21(27)8-7-18(19)16-29-22/h7-8,13,15,22,27H,9-12,14,16-17H2,1-6H3. The zero-order valence-electron chi connectivity index (χ0n) is 19.5. The Morgan fingerprint density at radius 2 is 2.00 bits per heavy atom. The molecule has 166 valence electrons. The number of fused-ring (bicyclic) bond motifs is 1. The minimum absolute atomic E-state index is 0.122. The Kier molecular flexibility index (Phi) is 7.10. The topological polar surface area (TPSA) is 56.5 Å². The van der Waals surface area contributed by atoms with Gasteiger partial charge in [0.05, 0.1) is 12.3 Å². The van der Waals surface area contributed by atoms with Crippen molar-refractivity contribution >= 4 is 8.07 Å². The SMILES string of the molecule is CC(C)(C)CCc1cn(COCC[Si](C)(C)C)c(C2Cc3cc(O)ccc3CO2)n1. The first-order valence-corrected chi connectivity index (χ1v) is 14.8. The summed E-state index contributed by atoms with van der Waals surface area (Å²) in [5.41, 5.74) is 3.65. The number of aryl methyl sites for hydroxylation is 1. The minimum Gasteiger partial charge on any atom is -0.508 e. The summed E-state index contributed by atoms with van der Waals surface area (Å²) in [7, 11) is -1.11. The van der Waals surface area contributed by atoms with Crippen molar-refractivity contribution in [1.29, 1.82) is 0 Å². The van der Waals surface area contributed by atoms with Crippen LogP contribution in [0.4, 0.5) is 0 Å². The number of hydrogen-bond acceptors (Lipinski definition) is 4. The summed E-state index contributed by atoms with van der Waals surface area (Å²) in [5, 5.41) is 9.88.